The largest absolute Gasteiger partial charge is 0.370 e. The van der Waals surface area contributed by atoms with Crippen LogP contribution in [-0.2, 0) is 12.8 Å². The molecule has 0 fully saturated rings. The zero-order valence-corrected chi connectivity index (χ0v) is 17.9. The van der Waals surface area contributed by atoms with E-state index in [0.29, 0.717) is 5.75 Å². The number of rotatable bonds is 5. The summed E-state index contributed by atoms with van der Waals surface area (Å²) in [6.07, 6.45) is 4.77. The molecule has 3 aromatic rings. The van der Waals surface area contributed by atoms with Crippen molar-refractivity contribution in [2.75, 3.05) is 17.2 Å². The lowest BCUT2D eigenvalue weighted by Gasteiger charge is -2.42. The summed E-state index contributed by atoms with van der Waals surface area (Å²) in [5.41, 5.74) is 5.91. The average Bonchev–Trinajstić information content (AvgIpc) is 3.22. The number of para-hydroxylation sites is 2. The highest BCUT2D eigenvalue weighted by Crippen LogP contribution is 2.36. The molecule has 0 spiro atoms. The molecule has 0 bridgehead atoms. The van der Waals surface area contributed by atoms with Crippen LogP contribution >= 0.6 is 11.8 Å². The SMILES string of the molecule is CC(O)(CSc1ncccc1C1=Nc2ccccc2C1)N1CCCc2ccccc21. The van der Waals surface area contributed by atoms with Crippen LogP contribution in [0.5, 0.6) is 0 Å². The van der Waals surface area contributed by atoms with Gasteiger partial charge in [-0.15, -0.1) is 11.8 Å². The summed E-state index contributed by atoms with van der Waals surface area (Å²) < 4.78 is 0. The van der Waals surface area contributed by atoms with Crippen molar-refractivity contribution in [3.05, 3.63) is 83.6 Å². The zero-order chi connectivity index (χ0) is 20.6. The summed E-state index contributed by atoms with van der Waals surface area (Å²) in [6.45, 7) is 2.77. The normalized spacial score (nSPS) is 17.1. The molecule has 30 heavy (non-hydrogen) atoms. The van der Waals surface area contributed by atoms with Crippen LogP contribution in [0.1, 0.15) is 30.0 Å². The maximum atomic E-state index is 11.4. The summed E-state index contributed by atoms with van der Waals surface area (Å²) >= 11 is 1.60. The van der Waals surface area contributed by atoms with Crippen LogP contribution in [0.15, 0.2) is 76.9 Å². The molecule has 3 heterocycles. The van der Waals surface area contributed by atoms with Gasteiger partial charge in [-0.3, -0.25) is 4.99 Å². The van der Waals surface area contributed by atoms with Gasteiger partial charge >= 0.3 is 0 Å². The Morgan fingerprint density at radius 3 is 2.70 bits per heavy atom. The van der Waals surface area contributed by atoms with Crippen LogP contribution in [0, 0.1) is 0 Å². The van der Waals surface area contributed by atoms with Gasteiger partial charge in [-0.2, -0.15) is 0 Å². The van der Waals surface area contributed by atoms with Gasteiger partial charge in [0.15, 0.2) is 0 Å². The van der Waals surface area contributed by atoms with E-state index in [4.69, 9.17) is 4.99 Å². The first-order chi connectivity index (χ1) is 14.6. The van der Waals surface area contributed by atoms with Gasteiger partial charge in [0.05, 0.1) is 11.4 Å². The number of aliphatic hydroxyl groups is 1. The Morgan fingerprint density at radius 1 is 1.03 bits per heavy atom. The Kier molecular flexibility index (Phi) is 5.09. The van der Waals surface area contributed by atoms with Crippen molar-refractivity contribution in [1.82, 2.24) is 4.98 Å². The third-order valence-electron chi connectivity index (χ3n) is 5.86. The Bertz CT molecular complexity index is 1110. The van der Waals surface area contributed by atoms with Gasteiger partial charge in [0.25, 0.3) is 0 Å². The number of pyridine rings is 1. The second-order valence-corrected chi connectivity index (χ2v) is 9.07. The molecule has 0 amide bonds. The van der Waals surface area contributed by atoms with Crippen molar-refractivity contribution in [2.45, 2.75) is 36.9 Å². The minimum atomic E-state index is -0.962. The lowest BCUT2D eigenvalue weighted by atomic mass is 10.00. The molecule has 5 rings (SSSR count). The fraction of sp³-hybridized carbons (Fsp3) is 0.280. The number of hydrogen-bond donors (Lipinski definition) is 1. The Morgan fingerprint density at radius 2 is 1.83 bits per heavy atom. The van der Waals surface area contributed by atoms with Crippen molar-refractivity contribution < 1.29 is 5.11 Å². The fourth-order valence-corrected chi connectivity index (χ4v) is 5.38. The second-order valence-electron chi connectivity index (χ2n) is 8.11. The van der Waals surface area contributed by atoms with E-state index in [0.717, 1.165) is 53.5 Å². The molecule has 2 aromatic carbocycles. The number of aromatic nitrogens is 1. The molecular formula is C25H25N3OS. The summed E-state index contributed by atoms with van der Waals surface area (Å²) in [6, 6.07) is 20.7. The number of anilines is 1. The van der Waals surface area contributed by atoms with Crippen LogP contribution in [-0.4, -0.2) is 33.8 Å². The van der Waals surface area contributed by atoms with Crippen LogP contribution in [0.2, 0.25) is 0 Å². The molecule has 4 nitrogen and oxygen atoms in total. The van der Waals surface area contributed by atoms with E-state index in [-0.39, 0.29) is 0 Å². The Labute approximate surface area is 181 Å². The number of aryl methyl sites for hydroxylation is 1. The van der Waals surface area contributed by atoms with Gasteiger partial charge in [-0.05, 0) is 55.2 Å². The van der Waals surface area contributed by atoms with Crippen molar-refractivity contribution >= 4 is 28.8 Å². The van der Waals surface area contributed by atoms with Gasteiger partial charge in [-0.25, -0.2) is 4.98 Å². The number of fused-ring (bicyclic) bond motifs is 2. The molecule has 152 valence electrons. The number of nitrogens with zero attached hydrogens (tertiary/aromatic N) is 3. The van der Waals surface area contributed by atoms with Gasteiger partial charge in [0.1, 0.15) is 10.8 Å². The third-order valence-corrected chi connectivity index (χ3v) is 7.15. The standard InChI is InChI=1S/C25H25N3OS/c1-25(29,28-15-7-10-18-8-3-5-13-23(18)28)17-30-24-20(11-6-14-26-24)22-16-19-9-2-4-12-21(19)27-22/h2-6,8-9,11-14,29H,7,10,15-17H2,1H3. The first-order valence-corrected chi connectivity index (χ1v) is 11.4. The predicted molar refractivity (Wildman–Crippen MR) is 124 cm³/mol. The lowest BCUT2D eigenvalue weighted by molar-refractivity contribution is 0.0790. The van der Waals surface area contributed by atoms with E-state index in [1.807, 2.05) is 31.3 Å². The van der Waals surface area contributed by atoms with Crippen LogP contribution in [0.3, 0.4) is 0 Å². The molecule has 1 N–H and O–H groups in total. The Hall–Kier alpha value is -2.63. The minimum absolute atomic E-state index is 0.533. The van der Waals surface area contributed by atoms with E-state index < -0.39 is 5.72 Å². The molecule has 0 radical (unpaired) electrons. The number of hydrogen-bond acceptors (Lipinski definition) is 5. The van der Waals surface area contributed by atoms with Crippen LogP contribution < -0.4 is 4.90 Å². The van der Waals surface area contributed by atoms with Gasteiger partial charge in [0.2, 0.25) is 0 Å². The van der Waals surface area contributed by atoms with Crippen LogP contribution in [0.4, 0.5) is 11.4 Å². The summed E-state index contributed by atoms with van der Waals surface area (Å²) in [7, 11) is 0. The van der Waals surface area contributed by atoms with E-state index in [9.17, 15) is 5.11 Å². The monoisotopic (exact) mass is 415 g/mol. The molecule has 1 aromatic heterocycles. The van der Waals surface area contributed by atoms with Crippen molar-refractivity contribution in [1.29, 1.82) is 0 Å². The quantitative estimate of drug-likeness (QED) is 0.595. The number of benzene rings is 2. The first kappa shape index (κ1) is 19.3. The van der Waals surface area contributed by atoms with E-state index in [1.54, 1.807) is 11.8 Å². The molecular weight excluding hydrogens is 390 g/mol. The van der Waals surface area contributed by atoms with E-state index in [1.165, 1.54) is 11.1 Å². The highest BCUT2D eigenvalue weighted by molar-refractivity contribution is 7.99. The highest BCUT2D eigenvalue weighted by atomic mass is 32.2. The van der Waals surface area contributed by atoms with Gasteiger partial charge in [0, 0.05) is 36.2 Å². The molecule has 0 aliphatic carbocycles. The minimum Gasteiger partial charge on any atom is -0.370 e. The smallest absolute Gasteiger partial charge is 0.144 e. The van der Waals surface area contributed by atoms with E-state index in [2.05, 4.69) is 52.3 Å². The average molecular weight is 416 g/mol. The number of aliphatic imine (C=N–C) groups is 1. The molecule has 0 saturated carbocycles. The van der Waals surface area contributed by atoms with Crippen molar-refractivity contribution in [2.24, 2.45) is 4.99 Å². The third kappa shape index (κ3) is 3.64. The molecule has 5 heteroatoms. The fourth-order valence-electron chi connectivity index (χ4n) is 4.33. The molecule has 0 saturated heterocycles. The topological polar surface area (TPSA) is 48.7 Å². The maximum Gasteiger partial charge on any atom is 0.144 e. The van der Waals surface area contributed by atoms with Gasteiger partial charge in [-0.1, -0.05) is 36.4 Å². The molecule has 1 unspecified atom stereocenters. The maximum absolute atomic E-state index is 11.4. The van der Waals surface area contributed by atoms with E-state index >= 15 is 0 Å². The molecule has 2 aliphatic heterocycles. The first-order valence-electron chi connectivity index (χ1n) is 10.4. The lowest BCUT2D eigenvalue weighted by Crippen LogP contribution is -2.51. The molecule has 1 atom stereocenters. The summed E-state index contributed by atoms with van der Waals surface area (Å²) in [4.78, 5) is 11.6. The summed E-state index contributed by atoms with van der Waals surface area (Å²) in [5, 5.41) is 12.3. The summed E-state index contributed by atoms with van der Waals surface area (Å²) in [5.74, 6) is 0.533. The second kappa shape index (κ2) is 7.89. The zero-order valence-electron chi connectivity index (χ0n) is 17.1. The molecule has 2 aliphatic rings. The number of thioether (sulfide) groups is 1. The van der Waals surface area contributed by atoms with Crippen LogP contribution in [0.25, 0.3) is 0 Å². The predicted octanol–water partition coefficient (Wildman–Crippen LogP) is 5.01. The van der Waals surface area contributed by atoms with Gasteiger partial charge < -0.3 is 10.0 Å². The van der Waals surface area contributed by atoms with Crippen molar-refractivity contribution in [3.8, 4) is 0 Å². The Balaban J connectivity index is 1.37. The van der Waals surface area contributed by atoms with Crippen molar-refractivity contribution in [3.63, 3.8) is 0 Å². The highest BCUT2D eigenvalue weighted by Gasteiger charge is 2.33.